The molecule has 3 rings (SSSR count). The van der Waals surface area contributed by atoms with Crippen LogP contribution in [-0.2, 0) is 0 Å². The van der Waals surface area contributed by atoms with Crippen molar-refractivity contribution in [1.82, 2.24) is 9.97 Å². The fourth-order valence-electron chi connectivity index (χ4n) is 1.98. The molecule has 0 saturated carbocycles. The van der Waals surface area contributed by atoms with Gasteiger partial charge < -0.3 is 4.98 Å². The summed E-state index contributed by atoms with van der Waals surface area (Å²) in [7, 11) is 0. The average Bonchev–Trinajstić information content (AvgIpc) is 2.48. The molecule has 1 aromatic heterocycles. The highest BCUT2D eigenvalue weighted by Gasteiger charge is 2.04. The maximum absolute atomic E-state index is 5.27. The molecule has 0 spiro atoms. The summed E-state index contributed by atoms with van der Waals surface area (Å²) in [4.78, 5) is 7.74. The van der Waals surface area contributed by atoms with Crippen LogP contribution in [0.3, 0.4) is 0 Å². The Morgan fingerprint density at radius 1 is 0.900 bits per heavy atom. The first kappa shape index (κ1) is 13.2. The van der Waals surface area contributed by atoms with Gasteiger partial charge in [-0.05, 0) is 23.8 Å². The second kappa shape index (κ2) is 5.69. The highest BCUT2D eigenvalue weighted by molar-refractivity contribution is 9.10. The molecule has 0 unspecified atom stereocenters. The lowest BCUT2D eigenvalue weighted by atomic mass is 10.1. The molecule has 0 saturated heterocycles. The Kier molecular flexibility index (Phi) is 3.76. The lowest BCUT2D eigenvalue weighted by Gasteiger charge is -2.06. The Labute approximate surface area is 130 Å². The number of nitrogens with one attached hydrogen (secondary N) is 1. The third kappa shape index (κ3) is 2.86. The summed E-state index contributed by atoms with van der Waals surface area (Å²) in [5.74, 6) is 0.788. The molecule has 2 aromatic carbocycles. The average molecular weight is 343 g/mol. The number of hydrogen-bond donors (Lipinski definition) is 1. The molecule has 0 aliphatic carbocycles. The third-order valence-corrected chi connectivity index (χ3v) is 3.68. The summed E-state index contributed by atoms with van der Waals surface area (Å²) >= 11 is 8.71. The number of aromatic amines is 1. The molecule has 2 nitrogen and oxygen atoms in total. The zero-order valence-corrected chi connectivity index (χ0v) is 12.9. The van der Waals surface area contributed by atoms with Gasteiger partial charge in [0.1, 0.15) is 10.5 Å². The van der Waals surface area contributed by atoms with Crippen molar-refractivity contribution in [3.8, 4) is 22.6 Å². The molecular formula is C16H11BrN2S. The summed E-state index contributed by atoms with van der Waals surface area (Å²) in [6, 6.07) is 20.0. The van der Waals surface area contributed by atoms with E-state index in [1.165, 1.54) is 0 Å². The van der Waals surface area contributed by atoms with Crippen LogP contribution >= 0.6 is 28.1 Å². The highest BCUT2D eigenvalue weighted by atomic mass is 79.9. The van der Waals surface area contributed by atoms with E-state index in [2.05, 4.69) is 25.9 Å². The molecule has 0 aliphatic heterocycles. The van der Waals surface area contributed by atoms with Crippen molar-refractivity contribution < 1.29 is 0 Å². The van der Waals surface area contributed by atoms with Crippen molar-refractivity contribution in [3.05, 3.63) is 69.8 Å². The van der Waals surface area contributed by atoms with Crippen molar-refractivity contribution in [1.29, 1.82) is 0 Å². The van der Waals surface area contributed by atoms with Gasteiger partial charge >= 0.3 is 0 Å². The Bertz CT molecular complexity index is 780. The third-order valence-electron chi connectivity index (χ3n) is 2.95. The number of aromatic nitrogens is 2. The molecule has 1 heterocycles. The SMILES string of the molecule is S=c1cc(-c2ccc(Br)cc2)[nH]c(-c2ccccc2)n1. The molecule has 0 aliphatic rings. The number of hydrogen-bond acceptors (Lipinski definition) is 2. The van der Waals surface area contributed by atoms with Gasteiger partial charge in [0.2, 0.25) is 0 Å². The van der Waals surface area contributed by atoms with Crippen LogP contribution in [0.5, 0.6) is 0 Å². The number of halogens is 1. The molecule has 0 amide bonds. The van der Waals surface area contributed by atoms with Crippen LogP contribution in [0, 0.1) is 4.64 Å². The molecule has 4 heteroatoms. The van der Waals surface area contributed by atoms with Gasteiger partial charge in [-0.2, -0.15) is 0 Å². The van der Waals surface area contributed by atoms with Gasteiger partial charge in [0.05, 0.1) is 0 Å². The Hall–Kier alpha value is -1.78. The van der Waals surface area contributed by atoms with Crippen molar-refractivity contribution in [2.24, 2.45) is 0 Å². The first-order valence-electron chi connectivity index (χ1n) is 6.15. The van der Waals surface area contributed by atoms with Gasteiger partial charge in [0.15, 0.2) is 0 Å². The van der Waals surface area contributed by atoms with Gasteiger partial charge in [0.25, 0.3) is 0 Å². The van der Waals surface area contributed by atoms with Gasteiger partial charge in [-0.1, -0.05) is 70.6 Å². The topological polar surface area (TPSA) is 28.7 Å². The molecule has 0 bridgehead atoms. The summed E-state index contributed by atoms with van der Waals surface area (Å²) in [6.45, 7) is 0. The van der Waals surface area contributed by atoms with Gasteiger partial charge in [-0.25, -0.2) is 4.98 Å². The summed E-state index contributed by atoms with van der Waals surface area (Å²) in [5, 5.41) is 0. The molecule has 20 heavy (non-hydrogen) atoms. The minimum absolute atomic E-state index is 0.584. The largest absolute Gasteiger partial charge is 0.339 e. The van der Waals surface area contributed by atoms with E-state index >= 15 is 0 Å². The zero-order valence-electron chi connectivity index (χ0n) is 10.5. The number of benzene rings is 2. The van der Waals surface area contributed by atoms with Crippen molar-refractivity contribution in [2.45, 2.75) is 0 Å². The maximum atomic E-state index is 5.27. The van der Waals surface area contributed by atoms with Crippen LogP contribution in [0.2, 0.25) is 0 Å². The number of H-pyrrole nitrogens is 1. The Balaban J connectivity index is 2.12. The van der Waals surface area contributed by atoms with E-state index in [-0.39, 0.29) is 0 Å². The standard InChI is InChI=1S/C16H11BrN2S/c17-13-8-6-11(7-9-13)14-10-15(20)19-16(18-14)12-4-2-1-3-5-12/h1-10H,(H,18,19,20). The summed E-state index contributed by atoms with van der Waals surface area (Å²) in [5.41, 5.74) is 3.08. The molecule has 1 N–H and O–H groups in total. The minimum Gasteiger partial charge on any atom is -0.339 e. The van der Waals surface area contributed by atoms with E-state index in [1.807, 2.05) is 60.7 Å². The molecule has 0 fully saturated rings. The van der Waals surface area contributed by atoms with E-state index in [9.17, 15) is 0 Å². The summed E-state index contributed by atoms with van der Waals surface area (Å²) < 4.78 is 1.64. The molecule has 3 aromatic rings. The van der Waals surface area contributed by atoms with Gasteiger partial charge in [0, 0.05) is 15.7 Å². The second-order valence-corrected chi connectivity index (χ2v) is 5.69. The summed E-state index contributed by atoms with van der Waals surface area (Å²) in [6.07, 6.45) is 0. The molecule has 0 radical (unpaired) electrons. The quantitative estimate of drug-likeness (QED) is 0.645. The van der Waals surface area contributed by atoms with Crippen molar-refractivity contribution >= 4 is 28.1 Å². The van der Waals surface area contributed by atoms with E-state index in [4.69, 9.17) is 12.2 Å². The normalized spacial score (nSPS) is 10.4. The maximum Gasteiger partial charge on any atom is 0.139 e. The van der Waals surface area contributed by atoms with Crippen LogP contribution < -0.4 is 0 Å². The smallest absolute Gasteiger partial charge is 0.139 e. The van der Waals surface area contributed by atoms with Crippen LogP contribution in [0.1, 0.15) is 0 Å². The first-order valence-corrected chi connectivity index (χ1v) is 7.35. The predicted molar refractivity (Wildman–Crippen MR) is 88.0 cm³/mol. The first-order chi connectivity index (χ1) is 9.72. The predicted octanol–water partition coefficient (Wildman–Crippen LogP) is 5.24. The van der Waals surface area contributed by atoms with Crippen molar-refractivity contribution in [3.63, 3.8) is 0 Å². The van der Waals surface area contributed by atoms with Crippen LogP contribution in [-0.4, -0.2) is 9.97 Å². The van der Waals surface area contributed by atoms with Crippen LogP contribution in [0.4, 0.5) is 0 Å². The lowest BCUT2D eigenvalue weighted by Crippen LogP contribution is -1.92. The van der Waals surface area contributed by atoms with Crippen LogP contribution in [0.15, 0.2) is 65.1 Å². The van der Waals surface area contributed by atoms with E-state index < -0.39 is 0 Å². The highest BCUT2D eigenvalue weighted by Crippen LogP contribution is 2.22. The van der Waals surface area contributed by atoms with E-state index in [0.717, 1.165) is 27.1 Å². The zero-order chi connectivity index (χ0) is 13.9. The van der Waals surface area contributed by atoms with E-state index in [1.54, 1.807) is 0 Å². The Morgan fingerprint density at radius 2 is 1.60 bits per heavy atom. The van der Waals surface area contributed by atoms with Crippen molar-refractivity contribution in [2.75, 3.05) is 0 Å². The minimum atomic E-state index is 0.584. The molecule has 0 atom stereocenters. The monoisotopic (exact) mass is 342 g/mol. The van der Waals surface area contributed by atoms with Gasteiger partial charge in [-0.3, -0.25) is 0 Å². The second-order valence-electron chi connectivity index (χ2n) is 4.35. The fourth-order valence-corrected chi connectivity index (χ4v) is 2.45. The fraction of sp³-hybridized carbons (Fsp3) is 0. The van der Waals surface area contributed by atoms with Crippen LogP contribution in [0.25, 0.3) is 22.6 Å². The van der Waals surface area contributed by atoms with Gasteiger partial charge in [-0.15, -0.1) is 0 Å². The van der Waals surface area contributed by atoms with E-state index in [0.29, 0.717) is 4.64 Å². The molecular weight excluding hydrogens is 332 g/mol. The lowest BCUT2D eigenvalue weighted by molar-refractivity contribution is 1.16. The Morgan fingerprint density at radius 3 is 2.30 bits per heavy atom. The number of rotatable bonds is 2. The number of nitrogens with zero attached hydrogens (tertiary/aromatic N) is 1. The molecule has 98 valence electrons.